The van der Waals surface area contributed by atoms with E-state index in [0.717, 1.165) is 5.56 Å². The minimum Gasteiger partial charge on any atom is -0.301 e. The molecular weight excluding hydrogens is 272 g/mol. The van der Waals surface area contributed by atoms with Gasteiger partial charge in [-0.2, -0.15) is 11.3 Å². The van der Waals surface area contributed by atoms with E-state index >= 15 is 0 Å². The first kappa shape index (κ1) is 13.0. The van der Waals surface area contributed by atoms with Crippen molar-refractivity contribution in [2.24, 2.45) is 0 Å². The number of benzene rings is 1. The van der Waals surface area contributed by atoms with Gasteiger partial charge in [0.25, 0.3) is 5.91 Å². The van der Waals surface area contributed by atoms with Crippen molar-refractivity contribution >= 4 is 28.8 Å². The van der Waals surface area contributed by atoms with E-state index in [4.69, 9.17) is 0 Å². The second-order valence-electron chi connectivity index (χ2n) is 4.67. The van der Waals surface area contributed by atoms with Crippen LogP contribution in [0.5, 0.6) is 0 Å². The van der Waals surface area contributed by atoms with Gasteiger partial charge in [0.2, 0.25) is 5.91 Å². The third kappa shape index (κ3) is 2.50. The van der Waals surface area contributed by atoms with Gasteiger partial charge < -0.3 is 5.32 Å². The number of imide groups is 1. The summed E-state index contributed by atoms with van der Waals surface area (Å²) in [6, 6.07) is 10.6. The summed E-state index contributed by atoms with van der Waals surface area (Å²) in [4.78, 5) is 25.6. The Labute approximate surface area is 121 Å². The molecule has 1 unspecified atom stereocenters. The van der Waals surface area contributed by atoms with Crippen LogP contribution in [0.15, 0.2) is 47.2 Å². The lowest BCUT2D eigenvalue weighted by Gasteiger charge is -2.15. The van der Waals surface area contributed by atoms with Crippen LogP contribution in [0.3, 0.4) is 0 Å². The molecule has 102 valence electrons. The van der Waals surface area contributed by atoms with Crippen LogP contribution in [0.25, 0.3) is 0 Å². The quantitative estimate of drug-likeness (QED) is 0.876. The van der Waals surface area contributed by atoms with E-state index < -0.39 is 6.04 Å². The van der Waals surface area contributed by atoms with Crippen molar-refractivity contribution in [3.05, 3.63) is 52.7 Å². The summed E-state index contributed by atoms with van der Waals surface area (Å²) in [6.07, 6.45) is 0.220. The molecule has 2 heterocycles. The maximum absolute atomic E-state index is 12.3. The number of anilines is 1. The summed E-state index contributed by atoms with van der Waals surface area (Å²) < 4.78 is 0. The van der Waals surface area contributed by atoms with E-state index in [1.807, 2.05) is 35.0 Å². The number of rotatable bonds is 4. The van der Waals surface area contributed by atoms with Crippen LogP contribution >= 0.6 is 11.3 Å². The van der Waals surface area contributed by atoms with E-state index in [1.165, 1.54) is 4.90 Å². The zero-order valence-corrected chi connectivity index (χ0v) is 11.6. The molecule has 2 aromatic rings. The van der Waals surface area contributed by atoms with Gasteiger partial charge in [0.15, 0.2) is 0 Å². The van der Waals surface area contributed by atoms with Gasteiger partial charge in [0.1, 0.15) is 0 Å². The van der Waals surface area contributed by atoms with Crippen molar-refractivity contribution < 1.29 is 9.59 Å². The number of amides is 2. The molecule has 5 heteroatoms. The van der Waals surface area contributed by atoms with Gasteiger partial charge in [0, 0.05) is 6.54 Å². The number of nitrogens with zero attached hydrogens (tertiary/aromatic N) is 1. The molecule has 4 nitrogen and oxygen atoms in total. The molecule has 20 heavy (non-hydrogen) atoms. The van der Waals surface area contributed by atoms with Crippen molar-refractivity contribution in [3.63, 3.8) is 0 Å². The molecule has 2 amide bonds. The molecule has 0 radical (unpaired) electrons. The minimum atomic E-state index is -0.428. The van der Waals surface area contributed by atoms with Gasteiger partial charge in [-0.1, -0.05) is 18.2 Å². The van der Waals surface area contributed by atoms with Gasteiger partial charge >= 0.3 is 0 Å². The second kappa shape index (κ2) is 5.56. The first-order valence-electron chi connectivity index (χ1n) is 6.42. The summed E-state index contributed by atoms with van der Waals surface area (Å²) in [7, 11) is 0. The fraction of sp³-hybridized carbons (Fsp3) is 0.200. The predicted octanol–water partition coefficient (Wildman–Crippen LogP) is 2.17. The Morgan fingerprint density at radius 3 is 2.70 bits per heavy atom. The third-order valence-electron chi connectivity index (χ3n) is 3.29. The first-order chi connectivity index (χ1) is 9.75. The molecule has 0 spiro atoms. The highest BCUT2D eigenvalue weighted by Crippen LogP contribution is 2.22. The molecule has 0 aliphatic carbocycles. The van der Waals surface area contributed by atoms with Crippen LogP contribution in [0.2, 0.25) is 0 Å². The molecule has 1 atom stereocenters. The topological polar surface area (TPSA) is 49.4 Å². The summed E-state index contributed by atoms with van der Waals surface area (Å²) >= 11 is 1.62. The Morgan fingerprint density at radius 2 is 2.00 bits per heavy atom. The number of hydrogen-bond acceptors (Lipinski definition) is 4. The molecular formula is C15H14N2O2S. The summed E-state index contributed by atoms with van der Waals surface area (Å²) in [6.45, 7) is 0.607. The maximum Gasteiger partial charge on any atom is 0.251 e. The van der Waals surface area contributed by atoms with E-state index in [0.29, 0.717) is 12.2 Å². The number of hydrogen-bond donors (Lipinski definition) is 1. The Hall–Kier alpha value is -1.98. The average Bonchev–Trinajstić information content (AvgIpc) is 3.06. The number of para-hydroxylation sites is 1. The van der Waals surface area contributed by atoms with Gasteiger partial charge in [-0.3, -0.25) is 9.59 Å². The van der Waals surface area contributed by atoms with Gasteiger partial charge in [-0.25, -0.2) is 4.90 Å². The SMILES string of the molecule is O=C1CC(NCc2ccsc2)C(=O)N1c1ccccc1. The minimum absolute atomic E-state index is 0.149. The van der Waals surface area contributed by atoms with Crippen molar-refractivity contribution in [1.82, 2.24) is 5.32 Å². The fourth-order valence-corrected chi connectivity index (χ4v) is 2.94. The highest BCUT2D eigenvalue weighted by atomic mass is 32.1. The predicted molar refractivity (Wildman–Crippen MR) is 78.5 cm³/mol. The Kier molecular flexibility index (Phi) is 3.62. The van der Waals surface area contributed by atoms with Gasteiger partial charge in [0.05, 0.1) is 18.2 Å². The Balaban J connectivity index is 1.70. The second-order valence-corrected chi connectivity index (χ2v) is 5.45. The number of carbonyl (C=O) groups excluding carboxylic acids is 2. The molecule has 0 bridgehead atoms. The molecule has 3 rings (SSSR count). The van der Waals surface area contributed by atoms with E-state index in [2.05, 4.69) is 5.32 Å². The number of nitrogens with one attached hydrogen (secondary N) is 1. The lowest BCUT2D eigenvalue weighted by atomic mass is 10.2. The molecule has 1 aliphatic heterocycles. The third-order valence-corrected chi connectivity index (χ3v) is 4.03. The van der Waals surface area contributed by atoms with Crippen LogP contribution in [0.4, 0.5) is 5.69 Å². The van der Waals surface area contributed by atoms with Crippen LogP contribution in [-0.4, -0.2) is 17.9 Å². The molecule has 1 aromatic carbocycles. The Bertz CT molecular complexity index is 610. The molecule has 1 aromatic heterocycles. The van der Waals surface area contributed by atoms with E-state index in [9.17, 15) is 9.59 Å². The normalized spacial score (nSPS) is 18.8. The van der Waals surface area contributed by atoms with Gasteiger partial charge in [-0.15, -0.1) is 0 Å². The molecule has 0 saturated carbocycles. The smallest absolute Gasteiger partial charge is 0.251 e. The number of carbonyl (C=O) groups is 2. The largest absolute Gasteiger partial charge is 0.301 e. The molecule has 1 aliphatic rings. The van der Waals surface area contributed by atoms with Crippen LogP contribution in [0.1, 0.15) is 12.0 Å². The van der Waals surface area contributed by atoms with Crippen LogP contribution in [0, 0.1) is 0 Å². The van der Waals surface area contributed by atoms with Crippen LogP contribution in [-0.2, 0) is 16.1 Å². The van der Waals surface area contributed by atoms with Crippen molar-refractivity contribution in [2.75, 3.05) is 4.90 Å². The average molecular weight is 286 g/mol. The molecule has 1 fully saturated rings. The highest BCUT2D eigenvalue weighted by molar-refractivity contribution is 7.07. The molecule has 1 N–H and O–H groups in total. The van der Waals surface area contributed by atoms with Crippen molar-refractivity contribution in [3.8, 4) is 0 Å². The number of thiophene rings is 1. The van der Waals surface area contributed by atoms with Crippen LogP contribution < -0.4 is 10.2 Å². The van der Waals surface area contributed by atoms with Crippen molar-refractivity contribution in [1.29, 1.82) is 0 Å². The standard InChI is InChI=1S/C15H14N2O2S/c18-14-8-13(16-9-11-6-7-20-10-11)15(19)17(14)12-4-2-1-3-5-12/h1-7,10,13,16H,8-9H2. The van der Waals surface area contributed by atoms with E-state index in [-0.39, 0.29) is 18.2 Å². The first-order valence-corrected chi connectivity index (χ1v) is 7.36. The lowest BCUT2D eigenvalue weighted by molar-refractivity contribution is -0.121. The Morgan fingerprint density at radius 1 is 1.20 bits per heavy atom. The van der Waals surface area contributed by atoms with Gasteiger partial charge in [-0.05, 0) is 34.5 Å². The molecule has 1 saturated heterocycles. The summed E-state index contributed by atoms with van der Waals surface area (Å²) in [5, 5.41) is 7.18. The highest BCUT2D eigenvalue weighted by Gasteiger charge is 2.39. The monoisotopic (exact) mass is 286 g/mol. The maximum atomic E-state index is 12.3. The lowest BCUT2D eigenvalue weighted by Crippen LogP contribution is -2.38. The van der Waals surface area contributed by atoms with Crippen molar-refractivity contribution in [2.45, 2.75) is 19.0 Å². The summed E-state index contributed by atoms with van der Waals surface area (Å²) in [5.41, 5.74) is 1.77. The zero-order valence-electron chi connectivity index (χ0n) is 10.8. The summed E-state index contributed by atoms with van der Waals surface area (Å²) in [5.74, 6) is -0.319. The zero-order chi connectivity index (χ0) is 13.9. The van der Waals surface area contributed by atoms with E-state index in [1.54, 1.807) is 23.5 Å². The fourth-order valence-electron chi connectivity index (χ4n) is 2.27.